The second kappa shape index (κ2) is 4.97. The van der Waals surface area contributed by atoms with E-state index in [4.69, 9.17) is 0 Å². The third kappa shape index (κ3) is 3.35. The van der Waals surface area contributed by atoms with Gasteiger partial charge in [0.2, 0.25) is 5.78 Å². The molecule has 0 aromatic carbocycles. The summed E-state index contributed by atoms with van der Waals surface area (Å²) < 4.78 is 40.1. The summed E-state index contributed by atoms with van der Waals surface area (Å²) in [6, 6.07) is 0. The predicted octanol–water partition coefficient (Wildman–Crippen LogP) is 1.71. The SMILES string of the molecule is CCOC(=O)[C@@H](CC)C(=O)C(F)(F)F. The van der Waals surface area contributed by atoms with Crippen molar-refractivity contribution in [1.29, 1.82) is 0 Å². The zero-order chi connectivity index (χ0) is 11.4. The van der Waals surface area contributed by atoms with Crippen molar-refractivity contribution >= 4 is 11.8 Å². The molecule has 1 atom stereocenters. The van der Waals surface area contributed by atoms with Gasteiger partial charge in [-0.05, 0) is 13.3 Å². The Morgan fingerprint density at radius 1 is 1.29 bits per heavy atom. The van der Waals surface area contributed by atoms with Crippen LogP contribution in [0.2, 0.25) is 0 Å². The molecule has 0 saturated carbocycles. The molecule has 0 amide bonds. The first kappa shape index (κ1) is 12.9. The van der Waals surface area contributed by atoms with Crippen LogP contribution in [-0.2, 0) is 14.3 Å². The quantitative estimate of drug-likeness (QED) is 0.526. The van der Waals surface area contributed by atoms with Crippen LogP contribution in [0.25, 0.3) is 0 Å². The number of carbonyl (C=O) groups excluding carboxylic acids is 2. The lowest BCUT2D eigenvalue weighted by molar-refractivity contribution is -0.181. The van der Waals surface area contributed by atoms with Gasteiger partial charge >= 0.3 is 12.1 Å². The van der Waals surface area contributed by atoms with E-state index in [1.54, 1.807) is 0 Å². The van der Waals surface area contributed by atoms with Crippen LogP contribution in [0.15, 0.2) is 0 Å². The summed E-state index contributed by atoms with van der Waals surface area (Å²) in [6.07, 6.45) is -5.19. The van der Waals surface area contributed by atoms with E-state index in [1.165, 1.54) is 13.8 Å². The molecule has 0 aromatic rings. The second-order valence-corrected chi connectivity index (χ2v) is 2.57. The van der Waals surface area contributed by atoms with E-state index in [9.17, 15) is 22.8 Å². The average Bonchev–Trinajstić information content (AvgIpc) is 2.04. The number of halogens is 3. The Balaban J connectivity index is 4.57. The number of hydrogen-bond donors (Lipinski definition) is 0. The van der Waals surface area contributed by atoms with Crippen molar-refractivity contribution in [3.05, 3.63) is 0 Å². The molecule has 3 nitrogen and oxygen atoms in total. The van der Waals surface area contributed by atoms with Gasteiger partial charge in [-0.1, -0.05) is 6.92 Å². The Kier molecular flexibility index (Phi) is 4.59. The van der Waals surface area contributed by atoms with Gasteiger partial charge in [-0.2, -0.15) is 13.2 Å². The number of rotatable bonds is 4. The Bertz CT molecular complexity index is 222. The van der Waals surface area contributed by atoms with E-state index in [0.29, 0.717) is 0 Å². The molecule has 0 aliphatic heterocycles. The van der Waals surface area contributed by atoms with Gasteiger partial charge in [0, 0.05) is 0 Å². The molecule has 0 rings (SSSR count). The zero-order valence-electron chi connectivity index (χ0n) is 7.85. The predicted molar refractivity (Wildman–Crippen MR) is 41.5 cm³/mol. The smallest absolute Gasteiger partial charge is 0.450 e. The number of esters is 1. The van der Waals surface area contributed by atoms with Gasteiger partial charge < -0.3 is 4.74 Å². The van der Waals surface area contributed by atoms with Crippen LogP contribution in [-0.4, -0.2) is 24.5 Å². The van der Waals surface area contributed by atoms with Crippen molar-refractivity contribution in [2.75, 3.05) is 6.61 Å². The minimum absolute atomic E-state index is 0.0412. The molecular formula is C8H11F3O3. The van der Waals surface area contributed by atoms with Crippen molar-refractivity contribution < 1.29 is 27.5 Å². The molecule has 0 aliphatic rings. The second-order valence-electron chi connectivity index (χ2n) is 2.57. The summed E-state index contributed by atoms with van der Waals surface area (Å²) >= 11 is 0. The van der Waals surface area contributed by atoms with Crippen LogP contribution in [0.4, 0.5) is 13.2 Å². The van der Waals surface area contributed by atoms with Gasteiger partial charge in [0.1, 0.15) is 5.92 Å². The normalized spacial score (nSPS) is 13.5. The first-order valence-electron chi connectivity index (χ1n) is 4.12. The summed E-state index contributed by atoms with van der Waals surface area (Å²) in [5.74, 6) is -4.88. The fraction of sp³-hybridized carbons (Fsp3) is 0.750. The van der Waals surface area contributed by atoms with Crippen molar-refractivity contribution in [3.8, 4) is 0 Å². The van der Waals surface area contributed by atoms with Gasteiger partial charge in [0.05, 0.1) is 6.61 Å². The fourth-order valence-electron chi connectivity index (χ4n) is 0.900. The molecule has 0 heterocycles. The van der Waals surface area contributed by atoms with Crippen LogP contribution in [0.3, 0.4) is 0 Å². The maximum Gasteiger partial charge on any atom is 0.450 e. The average molecular weight is 212 g/mol. The van der Waals surface area contributed by atoms with E-state index in [1.807, 2.05) is 0 Å². The Labute approximate surface area is 79.2 Å². The highest BCUT2D eigenvalue weighted by atomic mass is 19.4. The number of alkyl halides is 3. The monoisotopic (exact) mass is 212 g/mol. The standard InChI is InChI=1S/C8H11F3O3/c1-3-5(7(13)14-4-2)6(12)8(9,10)11/h5H,3-4H2,1-2H3/t5-/m0/s1. The summed E-state index contributed by atoms with van der Waals surface area (Å²) in [7, 11) is 0. The molecule has 0 aliphatic carbocycles. The lowest BCUT2D eigenvalue weighted by Gasteiger charge is -2.13. The molecule has 14 heavy (non-hydrogen) atoms. The van der Waals surface area contributed by atoms with Crippen molar-refractivity contribution in [1.82, 2.24) is 0 Å². The van der Waals surface area contributed by atoms with Gasteiger partial charge in [-0.25, -0.2) is 0 Å². The molecular weight excluding hydrogens is 201 g/mol. The van der Waals surface area contributed by atoms with E-state index >= 15 is 0 Å². The summed E-state index contributed by atoms with van der Waals surface area (Å²) in [6.45, 7) is 2.74. The van der Waals surface area contributed by atoms with Gasteiger partial charge in [-0.3, -0.25) is 9.59 Å². The minimum atomic E-state index is -4.98. The Hall–Kier alpha value is -1.07. The minimum Gasteiger partial charge on any atom is -0.465 e. The third-order valence-electron chi connectivity index (χ3n) is 1.58. The lowest BCUT2D eigenvalue weighted by Crippen LogP contribution is -2.35. The van der Waals surface area contributed by atoms with E-state index in [0.717, 1.165) is 0 Å². The van der Waals surface area contributed by atoms with Crippen LogP contribution in [0.5, 0.6) is 0 Å². The van der Waals surface area contributed by atoms with Crippen molar-refractivity contribution in [2.45, 2.75) is 26.4 Å². The summed E-state index contributed by atoms with van der Waals surface area (Å²) in [5, 5.41) is 0. The maximum absolute atomic E-state index is 11.9. The number of ether oxygens (including phenoxy) is 1. The van der Waals surface area contributed by atoms with Gasteiger partial charge in [0.25, 0.3) is 0 Å². The number of Topliss-reactive ketones (excluding diaryl/α,β-unsaturated/α-hetero) is 1. The molecule has 0 unspecified atom stereocenters. The number of ketones is 1. The zero-order valence-corrected chi connectivity index (χ0v) is 7.85. The molecule has 0 aromatic heterocycles. The Morgan fingerprint density at radius 3 is 2.07 bits per heavy atom. The highest BCUT2D eigenvalue weighted by Crippen LogP contribution is 2.23. The van der Waals surface area contributed by atoms with Gasteiger partial charge in [-0.15, -0.1) is 0 Å². The van der Waals surface area contributed by atoms with E-state index in [2.05, 4.69) is 4.74 Å². The molecule has 0 saturated heterocycles. The molecule has 0 N–H and O–H groups in total. The van der Waals surface area contributed by atoms with Crippen LogP contribution in [0, 0.1) is 5.92 Å². The summed E-state index contributed by atoms with van der Waals surface area (Å²) in [5.41, 5.74) is 0. The number of carbonyl (C=O) groups is 2. The van der Waals surface area contributed by atoms with Crippen LogP contribution >= 0.6 is 0 Å². The largest absolute Gasteiger partial charge is 0.465 e. The van der Waals surface area contributed by atoms with E-state index < -0.39 is 23.8 Å². The van der Waals surface area contributed by atoms with Crippen LogP contribution < -0.4 is 0 Å². The highest BCUT2D eigenvalue weighted by Gasteiger charge is 2.45. The maximum atomic E-state index is 11.9. The first-order valence-corrected chi connectivity index (χ1v) is 4.12. The summed E-state index contributed by atoms with van der Waals surface area (Å²) in [4.78, 5) is 21.6. The van der Waals surface area contributed by atoms with E-state index in [-0.39, 0.29) is 13.0 Å². The van der Waals surface area contributed by atoms with Crippen molar-refractivity contribution in [3.63, 3.8) is 0 Å². The molecule has 0 fully saturated rings. The fourth-order valence-corrected chi connectivity index (χ4v) is 0.900. The molecule has 0 spiro atoms. The van der Waals surface area contributed by atoms with Gasteiger partial charge in [0.15, 0.2) is 0 Å². The molecule has 0 radical (unpaired) electrons. The topological polar surface area (TPSA) is 43.4 Å². The molecule has 6 heteroatoms. The number of hydrogen-bond acceptors (Lipinski definition) is 3. The van der Waals surface area contributed by atoms with Crippen LogP contribution in [0.1, 0.15) is 20.3 Å². The lowest BCUT2D eigenvalue weighted by atomic mass is 10.0. The molecule has 0 bridgehead atoms. The third-order valence-corrected chi connectivity index (χ3v) is 1.58. The van der Waals surface area contributed by atoms with Crippen molar-refractivity contribution in [2.24, 2.45) is 5.92 Å². The Morgan fingerprint density at radius 2 is 1.79 bits per heavy atom. The first-order chi connectivity index (χ1) is 6.34. The molecule has 82 valence electrons. The highest BCUT2D eigenvalue weighted by molar-refractivity contribution is 6.01.